The first-order valence-electron chi connectivity index (χ1n) is 9.09. The minimum atomic E-state index is -0.658. The number of hydrogen-bond acceptors (Lipinski definition) is 3. The number of imidazole rings is 1. The summed E-state index contributed by atoms with van der Waals surface area (Å²) in [6.07, 6.45) is 0.935. The number of para-hydroxylation sites is 2. The lowest BCUT2D eigenvalue weighted by molar-refractivity contribution is -0.125. The third-order valence-electron chi connectivity index (χ3n) is 4.34. The first-order chi connectivity index (χ1) is 12.3. The number of halogens is 1. The van der Waals surface area contributed by atoms with Gasteiger partial charge in [-0.3, -0.25) is 9.79 Å². The Bertz CT molecular complexity index is 784. The molecule has 7 nitrogen and oxygen atoms in total. The summed E-state index contributed by atoms with van der Waals surface area (Å²) in [5.41, 5.74) is 6.94. The molecule has 0 aliphatic heterocycles. The van der Waals surface area contributed by atoms with E-state index in [2.05, 4.69) is 31.2 Å². The molecule has 150 valence electrons. The lowest BCUT2D eigenvalue weighted by Gasteiger charge is -2.19. The van der Waals surface area contributed by atoms with Crippen molar-refractivity contribution in [2.75, 3.05) is 19.6 Å². The number of carbonyl (C=O) groups is 1. The molecule has 8 heteroatoms. The maximum Gasteiger partial charge on any atom is 0.224 e. The van der Waals surface area contributed by atoms with E-state index < -0.39 is 5.41 Å². The zero-order valence-corrected chi connectivity index (χ0v) is 18.9. The molecule has 2 rings (SSSR count). The molecule has 0 spiro atoms. The number of aryl methyl sites for hydroxylation is 2. The van der Waals surface area contributed by atoms with Crippen molar-refractivity contribution in [3.63, 3.8) is 0 Å². The SMILES string of the molecule is CCNC(=NCC(C)(C)C(N)=O)NCCCn1c(C)nc2ccccc21.I. The standard InChI is InChI=1S/C19H30N6O.HI/c1-5-21-18(23-13-19(3,4)17(20)26)22-11-8-12-25-14(2)24-15-9-6-7-10-16(15)25;/h6-7,9-10H,5,8,11-13H2,1-4H3,(H2,20,26)(H2,21,22,23);1H. The van der Waals surface area contributed by atoms with Crippen molar-refractivity contribution in [2.45, 2.75) is 40.7 Å². The average Bonchev–Trinajstić information content (AvgIpc) is 2.91. The number of rotatable bonds is 8. The van der Waals surface area contributed by atoms with Crippen LogP contribution in [0.3, 0.4) is 0 Å². The van der Waals surface area contributed by atoms with E-state index in [0.717, 1.165) is 42.9 Å². The molecule has 0 radical (unpaired) electrons. The van der Waals surface area contributed by atoms with Crippen LogP contribution in [0.15, 0.2) is 29.3 Å². The Balaban J connectivity index is 0.00000364. The van der Waals surface area contributed by atoms with Gasteiger partial charge in [0.05, 0.1) is 23.0 Å². The first-order valence-corrected chi connectivity index (χ1v) is 9.09. The lowest BCUT2D eigenvalue weighted by Crippen LogP contribution is -2.40. The van der Waals surface area contributed by atoms with Gasteiger partial charge in [0, 0.05) is 19.6 Å². The van der Waals surface area contributed by atoms with Crippen molar-refractivity contribution in [1.29, 1.82) is 0 Å². The van der Waals surface area contributed by atoms with Gasteiger partial charge in [-0.15, -0.1) is 24.0 Å². The molecule has 2 aromatic rings. The van der Waals surface area contributed by atoms with Crippen LogP contribution < -0.4 is 16.4 Å². The lowest BCUT2D eigenvalue weighted by atomic mass is 9.93. The van der Waals surface area contributed by atoms with Crippen LogP contribution >= 0.6 is 24.0 Å². The van der Waals surface area contributed by atoms with Gasteiger partial charge in [0.2, 0.25) is 5.91 Å². The third kappa shape index (κ3) is 6.37. The van der Waals surface area contributed by atoms with Crippen LogP contribution in [0.5, 0.6) is 0 Å². The highest BCUT2D eigenvalue weighted by molar-refractivity contribution is 14.0. The second-order valence-electron chi connectivity index (χ2n) is 7.02. The van der Waals surface area contributed by atoms with Gasteiger partial charge in [0.25, 0.3) is 0 Å². The molecule has 4 N–H and O–H groups in total. The molecule has 1 heterocycles. The molecule has 1 aromatic heterocycles. The molecular formula is C19H31IN6O. The van der Waals surface area contributed by atoms with Gasteiger partial charge in [0.1, 0.15) is 5.82 Å². The molecule has 27 heavy (non-hydrogen) atoms. The van der Waals surface area contributed by atoms with Crippen molar-refractivity contribution in [2.24, 2.45) is 16.1 Å². The van der Waals surface area contributed by atoms with E-state index >= 15 is 0 Å². The molecule has 0 aliphatic rings. The van der Waals surface area contributed by atoms with Gasteiger partial charge >= 0.3 is 0 Å². The Morgan fingerprint density at radius 1 is 1.30 bits per heavy atom. The summed E-state index contributed by atoms with van der Waals surface area (Å²) in [7, 11) is 0. The van der Waals surface area contributed by atoms with Crippen LogP contribution in [0, 0.1) is 12.3 Å². The Morgan fingerprint density at radius 2 is 2.00 bits per heavy atom. The van der Waals surface area contributed by atoms with Crippen molar-refractivity contribution in [3.05, 3.63) is 30.1 Å². The highest BCUT2D eigenvalue weighted by Crippen LogP contribution is 2.16. The summed E-state index contributed by atoms with van der Waals surface area (Å²) >= 11 is 0. The minimum Gasteiger partial charge on any atom is -0.369 e. The number of nitrogens with one attached hydrogen (secondary N) is 2. The summed E-state index contributed by atoms with van der Waals surface area (Å²) in [5.74, 6) is 1.38. The molecule has 0 bridgehead atoms. The molecule has 0 saturated carbocycles. The number of hydrogen-bond donors (Lipinski definition) is 3. The minimum absolute atomic E-state index is 0. The van der Waals surface area contributed by atoms with Gasteiger partial charge in [-0.05, 0) is 46.2 Å². The summed E-state index contributed by atoms with van der Waals surface area (Å²) in [5, 5.41) is 6.51. The Hall–Kier alpha value is -1.84. The fourth-order valence-corrected chi connectivity index (χ4v) is 2.62. The maximum absolute atomic E-state index is 11.4. The highest BCUT2D eigenvalue weighted by atomic mass is 127. The molecule has 1 amide bonds. The van der Waals surface area contributed by atoms with E-state index in [-0.39, 0.29) is 29.9 Å². The second kappa shape index (κ2) is 10.5. The Morgan fingerprint density at radius 3 is 2.67 bits per heavy atom. The topological polar surface area (TPSA) is 97.3 Å². The fourth-order valence-electron chi connectivity index (χ4n) is 2.62. The predicted octanol–water partition coefficient (Wildman–Crippen LogP) is 2.42. The monoisotopic (exact) mass is 486 g/mol. The number of guanidine groups is 1. The zero-order chi connectivity index (χ0) is 19.2. The van der Waals surface area contributed by atoms with E-state index in [4.69, 9.17) is 5.73 Å². The van der Waals surface area contributed by atoms with Crippen LogP contribution in [-0.4, -0.2) is 41.1 Å². The van der Waals surface area contributed by atoms with Crippen molar-refractivity contribution < 1.29 is 4.79 Å². The predicted molar refractivity (Wildman–Crippen MR) is 121 cm³/mol. The number of fused-ring (bicyclic) bond motifs is 1. The van der Waals surface area contributed by atoms with Crippen LogP contribution in [0.1, 0.15) is 33.0 Å². The maximum atomic E-state index is 11.4. The summed E-state index contributed by atoms with van der Waals surface area (Å²) in [4.78, 5) is 20.5. The molecule has 0 atom stereocenters. The summed E-state index contributed by atoms with van der Waals surface area (Å²) in [6.45, 7) is 10.4. The summed E-state index contributed by atoms with van der Waals surface area (Å²) < 4.78 is 2.23. The Kier molecular flexibility index (Phi) is 9.01. The number of aliphatic imine (C=N–C) groups is 1. The van der Waals surface area contributed by atoms with E-state index in [1.807, 2.05) is 32.0 Å². The summed E-state index contributed by atoms with van der Waals surface area (Å²) in [6, 6.07) is 8.18. The van der Waals surface area contributed by atoms with E-state index in [9.17, 15) is 4.79 Å². The number of primary amides is 1. The van der Waals surface area contributed by atoms with Crippen molar-refractivity contribution >= 4 is 46.9 Å². The van der Waals surface area contributed by atoms with Gasteiger partial charge in [0.15, 0.2) is 5.96 Å². The molecule has 0 saturated heterocycles. The smallest absolute Gasteiger partial charge is 0.224 e. The number of aromatic nitrogens is 2. The number of nitrogens with zero attached hydrogens (tertiary/aromatic N) is 3. The quantitative estimate of drug-likeness (QED) is 0.231. The van der Waals surface area contributed by atoms with Crippen LogP contribution in [-0.2, 0) is 11.3 Å². The molecular weight excluding hydrogens is 455 g/mol. The number of amides is 1. The molecule has 1 aromatic carbocycles. The third-order valence-corrected chi connectivity index (χ3v) is 4.34. The number of nitrogens with two attached hydrogens (primary N) is 1. The van der Waals surface area contributed by atoms with E-state index in [1.165, 1.54) is 0 Å². The normalized spacial score (nSPS) is 11.9. The zero-order valence-electron chi connectivity index (χ0n) is 16.6. The van der Waals surface area contributed by atoms with E-state index in [1.54, 1.807) is 13.8 Å². The number of carbonyl (C=O) groups excluding carboxylic acids is 1. The van der Waals surface area contributed by atoms with Crippen molar-refractivity contribution in [3.8, 4) is 0 Å². The van der Waals surface area contributed by atoms with E-state index in [0.29, 0.717) is 12.5 Å². The molecule has 0 fully saturated rings. The highest BCUT2D eigenvalue weighted by Gasteiger charge is 2.24. The number of benzene rings is 1. The van der Waals surface area contributed by atoms with Gasteiger partial charge in [-0.2, -0.15) is 0 Å². The molecule has 0 aliphatic carbocycles. The average molecular weight is 486 g/mol. The van der Waals surface area contributed by atoms with Crippen molar-refractivity contribution in [1.82, 2.24) is 20.2 Å². The Labute approximate surface area is 178 Å². The first kappa shape index (κ1) is 23.2. The van der Waals surface area contributed by atoms with Gasteiger partial charge in [-0.25, -0.2) is 4.98 Å². The van der Waals surface area contributed by atoms with Crippen LogP contribution in [0.4, 0.5) is 0 Å². The largest absolute Gasteiger partial charge is 0.369 e. The van der Waals surface area contributed by atoms with Gasteiger partial charge < -0.3 is 20.9 Å². The second-order valence-corrected chi connectivity index (χ2v) is 7.02. The fraction of sp³-hybridized carbons (Fsp3) is 0.526. The van der Waals surface area contributed by atoms with Gasteiger partial charge in [-0.1, -0.05) is 12.1 Å². The van der Waals surface area contributed by atoms with Crippen LogP contribution in [0.2, 0.25) is 0 Å². The molecule has 0 unspecified atom stereocenters. The van der Waals surface area contributed by atoms with Crippen LogP contribution in [0.25, 0.3) is 11.0 Å².